The van der Waals surface area contributed by atoms with Crippen molar-refractivity contribution in [3.05, 3.63) is 23.8 Å². The minimum absolute atomic E-state index is 0.0823. The number of hydrogen-bond donors (Lipinski definition) is 1. The highest BCUT2D eigenvalue weighted by molar-refractivity contribution is 5.97. The number of carbonyl (C=O) groups excluding carboxylic acids is 1. The van der Waals surface area contributed by atoms with Crippen molar-refractivity contribution in [2.24, 2.45) is 11.8 Å². The van der Waals surface area contributed by atoms with Gasteiger partial charge in [-0.15, -0.1) is 0 Å². The number of nitrogens with zero attached hydrogens (tertiary/aromatic N) is 1. The quantitative estimate of drug-likeness (QED) is 0.857. The zero-order valence-electron chi connectivity index (χ0n) is 15.7. The predicted octanol–water partition coefficient (Wildman–Crippen LogP) is 3.34. The van der Waals surface area contributed by atoms with Gasteiger partial charge in [0, 0.05) is 12.1 Å². The number of carboxylic acid groups (broad SMARTS) is 1. The molecule has 0 aromatic heterocycles. The van der Waals surface area contributed by atoms with Crippen molar-refractivity contribution in [2.45, 2.75) is 57.1 Å². The maximum atomic E-state index is 13.1. The molecule has 1 heterocycles. The van der Waals surface area contributed by atoms with Gasteiger partial charge in [-0.2, -0.15) is 0 Å². The Labute approximate surface area is 159 Å². The Bertz CT molecular complexity index is 727. The number of carboxylic acids is 1. The van der Waals surface area contributed by atoms with Crippen LogP contribution in [0.1, 0.15) is 55.3 Å². The molecule has 3 fully saturated rings. The van der Waals surface area contributed by atoms with Crippen LogP contribution in [0.15, 0.2) is 18.2 Å². The number of amides is 1. The average Bonchev–Trinajstić information content (AvgIpc) is 3.37. The van der Waals surface area contributed by atoms with Crippen molar-refractivity contribution in [3.8, 4) is 11.5 Å². The summed E-state index contributed by atoms with van der Waals surface area (Å²) in [5.74, 6) is 0.443. The molecule has 6 nitrogen and oxygen atoms in total. The van der Waals surface area contributed by atoms with Crippen LogP contribution in [0.2, 0.25) is 0 Å². The van der Waals surface area contributed by atoms with Crippen LogP contribution in [0.4, 0.5) is 0 Å². The molecule has 1 amide bonds. The summed E-state index contributed by atoms with van der Waals surface area (Å²) in [6.07, 6.45) is 7.45. The van der Waals surface area contributed by atoms with Crippen molar-refractivity contribution in [3.63, 3.8) is 0 Å². The third kappa shape index (κ3) is 3.37. The zero-order chi connectivity index (χ0) is 19.0. The number of aliphatic carboxylic acids is 1. The predicted molar refractivity (Wildman–Crippen MR) is 99.2 cm³/mol. The summed E-state index contributed by atoms with van der Waals surface area (Å²) < 4.78 is 11.5. The molecule has 4 rings (SSSR count). The summed E-state index contributed by atoms with van der Waals surface area (Å²) in [6, 6.07) is 4.44. The van der Waals surface area contributed by atoms with Crippen LogP contribution in [0.3, 0.4) is 0 Å². The molecule has 27 heavy (non-hydrogen) atoms. The van der Waals surface area contributed by atoms with Crippen LogP contribution in [0.25, 0.3) is 0 Å². The Kier molecular flexibility index (Phi) is 4.98. The van der Waals surface area contributed by atoms with E-state index in [1.807, 2.05) is 0 Å². The molecule has 1 aromatic carbocycles. The number of hydrogen-bond acceptors (Lipinski definition) is 4. The lowest BCUT2D eigenvalue weighted by Crippen LogP contribution is -2.43. The normalized spacial score (nSPS) is 27.6. The molecule has 3 unspecified atom stereocenters. The smallest absolute Gasteiger partial charge is 0.326 e. The van der Waals surface area contributed by atoms with Gasteiger partial charge in [-0.1, -0.05) is 6.42 Å². The Balaban J connectivity index is 1.58. The molecule has 1 saturated heterocycles. The first-order chi connectivity index (χ1) is 13.1. The lowest BCUT2D eigenvalue weighted by Gasteiger charge is -2.25. The van der Waals surface area contributed by atoms with E-state index in [1.165, 1.54) is 0 Å². The summed E-state index contributed by atoms with van der Waals surface area (Å²) in [6.45, 7) is 0.533. The maximum absolute atomic E-state index is 13.1. The van der Waals surface area contributed by atoms with E-state index in [-0.39, 0.29) is 17.9 Å². The van der Waals surface area contributed by atoms with Crippen LogP contribution < -0.4 is 9.47 Å². The molecule has 1 N–H and O–H groups in total. The maximum Gasteiger partial charge on any atom is 0.326 e. The minimum atomic E-state index is -0.895. The van der Waals surface area contributed by atoms with Gasteiger partial charge >= 0.3 is 5.97 Å². The molecule has 2 aliphatic carbocycles. The molecule has 6 heteroatoms. The lowest BCUT2D eigenvalue weighted by molar-refractivity contribution is -0.142. The minimum Gasteiger partial charge on any atom is -0.493 e. The summed E-state index contributed by atoms with van der Waals surface area (Å²) in [7, 11) is 1.58. The summed E-state index contributed by atoms with van der Waals surface area (Å²) >= 11 is 0. The first kappa shape index (κ1) is 18.1. The van der Waals surface area contributed by atoms with Crippen molar-refractivity contribution in [1.82, 2.24) is 4.90 Å². The number of methoxy groups -OCH3 is 1. The number of carbonyl (C=O) groups is 2. The van der Waals surface area contributed by atoms with Crippen LogP contribution in [-0.4, -0.2) is 47.7 Å². The van der Waals surface area contributed by atoms with Crippen molar-refractivity contribution in [2.75, 3.05) is 13.7 Å². The van der Waals surface area contributed by atoms with Gasteiger partial charge in [0.05, 0.1) is 13.2 Å². The molecule has 0 bridgehead atoms. The Morgan fingerprint density at radius 3 is 2.56 bits per heavy atom. The molecular weight excluding hydrogens is 346 g/mol. The van der Waals surface area contributed by atoms with Gasteiger partial charge in [0.15, 0.2) is 11.5 Å². The van der Waals surface area contributed by atoms with E-state index in [1.54, 1.807) is 30.2 Å². The van der Waals surface area contributed by atoms with E-state index in [2.05, 4.69) is 0 Å². The van der Waals surface area contributed by atoms with Crippen LogP contribution in [-0.2, 0) is 4.79 Å². The fourth-order valence-corrected chi connectivity index (χ4v) is 5.08. The van der Waals surface area contributed by atoms with E-state index < -0.39 is 12.0 Å². The molecule has 1 aliphatic heterocycles. The molecule has 3 aliphatic rings. The number of ether oxygens (including phenoxy) is 2. The molecule has 2 saturated carbocycles. The number of fused-ring (bicyclic) bond motifs is 1. The third-order valence-electron chi connectivity index (χ3n) is 6.41. The Morgan fingerprint density at radius 2 is 1.85 bits per heavy atom. The topological polar surface area (TPSA) is 76.1 Å². The molecule has 0 radical (unpaired) electrons. The lowest BCUT2D eigenvalue weighted by atomic mass is 9.94. The zero-order valence-corrected chi connectivity index (χ0v) is 15.7. The van der Waals surface area contributed by atoms with Crippen LogP contribution >= 0.6 is 0 Å². The largest absolute Gasteiger partial charge is 0.493 e. The molecule has 3 atom stereocenters. The standard InChI is InChI=1S/C21H27NO5/c1-26-17-10-9-13(11-18(17)27-15-6-2-3-7-15)20(23)22-12-14-5-4-8-16(14)19(22)21(24)25/h9-11,14-16,19H,2-8,12H2,1H3,(H,24,25). The summed E-state index contributed by atoms with van der Waals surface area (Å²) in [5, 5.41) is 9.71. The summed E-state index contributed by atoms with van der Waals surface area (Å²) in [5.41, 5.74) is 0.468. The van der Waals surface area contributed by atoms with Gasteiger partial charge in [0.2, 0.25) is 0 Å². The fraction of sp³-hybridized carbons (Fsp3) is 0.619. The Morgan fingerprint density at radius 1 is 1.07 bits per heavy atom. The highest BCUT2D eigenvalue weighted by atomic mass is 16.5. The second-order valence-corrected chi connectivity index (χ2v) is 7.99. The van der Waals surface area contributed by atoms with E-state index in [0.29, 0.717) is 29.5 Å². The van der Waals surface area contributed by atoms with E-state index in [0.717, 1.165) is 44.9 Å². The van der Waals surface area contributed by atoms with Gasteiger partial charge in [0.25, 0.3) is 5.91 Å². The monoisotopic (exact) mass is 373 g/mol. The van der Waals surface area contributed by atoms with E-state index in [4.69, 9.17) is 9.47 Å². The fourth-order valence-electron chi connectivity index (χ4n) is 5.08. The molecular formula is C21H27NO5. The second kappa shape index (κ2) is 7.41. The van der Waals surface area contributed by atoms with Crippen LogP contribution in [0.5, 0.6) is 11.5 Å². The first-order valence-corrected chi connectivity index (χ1v) is 9.97. The third-order valence-corrected chi connectivity index (χ3v) is 6.41. The van der Waals surface area contributed by atoms with E-state index in [9.17, 15) is 14.7 Å². The van der Waals surface area contributed by atoms with Crippen molar-refractivity contribution in [1.29, 1.82) is 0 Å². The van der Waals surface area contributed by atoms with Gasteiger partial charge < -0.3 is 19.5 Å². The first-order valence-electron chi connectivity index (χ1n) is 9.97. The van der Waals surface area contributed by atoms with Crippen LogP contribution in [0, 0.1) is 11.8 Å². The summed E-state index contributed by atoms with van der Waals surface area (Å²) in [4.78, 5) is 26.6. The Hall–Kier alpha value is -2.24. The highest BCUT2D eigenvalue weighted by Gasteiger charge is 2.49. The van der Waals surface area contributed by atoms with E-state index >= 15 is 0 Å². The molecule has 0 spiro atoms. The number of benzene rings is 1. The highest BCUT2D eigenvalue weighted by Crippen LogP contribution is 2.43. The van der Waals surface area contributed by atoms with Gasteiger partial charge in [-0.3, -0.25) is 4.79 Å². The van der Waals surface area contributed by atoms with Gasteiger partial charge in [-0.05, 0) is 68.6 Å². The second-order valence-electron chi connectivity index (χ2n) is 7.99. The van der Waals surface area contributed by atoms with Crippen molar-refractivity contribution >= 4 is 11.9 Å². The van der Waals surface area contributed by atoms with Gasteiger partial charge in [-0.25, -0.2) is 4.79 Å². The average molecular weight is 373 g/mol. The van der Waals surface area contributed by atoms with Crippen molar-refractivity contribution < 1.29 is 24.2 Å². The van der Waals surface area contributed by atoms with Gasteiger partial charge in [0.1, 0.15) is 6.04 Å². The molecule has 1 aromatic rings. The number of rotatable bonds is 5. The molecule has 146 valence electrons. The number of likely N-dealkylation sites (tertiary alicyclic amines) is 1. The SMILES string of the molecule is COc1ccc(C(=O)N2CC3CCCC3C2C(=O)O)cc1OC1CCCC1.